The summed E-state index contributed by atoms with van der Waals surface area (Å²) in [5, 5.41) is 9.75. The number of hydrogen-bond donors (Lipinski definition) is 1. The SMILES string of the molecule is Cn1cnc2c(SC(C)(C)C(=O)O)nccc21. The first kappa shape index (κ1) is 11.9. The summed E-state index contributed by atoms with van der Waals surface area (Å²) in [6.45, 7) is 3.31. The molecule has 0 amide bonds. The number of aromatic nitrogens is 3. The number of rotatable bonds is 3. The van der Waals surface area contributed by atoms with E-state index in [0.717, 1.165) is 11.0 Å². The molecule has 90 valence electrons. The predicted molar refractivity (Wildman–Crippen MR) is 66.1 cm³/mol. The molecule has 0 aliphatic heterocycles. The third-order valence-corrected chi connectivity index (χ3v) is 3.65. The maximum absolute atomic E-state index is 11.1. The summed E-state index contributed by atoms with van der Waals surface area (Å²) in [6.07, 6.45) is 3.37. The maximum Gasteiger partial charge on any atom is 0.319 e. The van der Waals surface area contributed by atoms with Crippen LogP contribution in [0.25, 0.3) is 11.0 Å². The minimum absolute atomic E-state index is 0.649. The third-order valence-electron chi connectivity index (χ3n) is 2.48. The van der Waals surface area contributed by atoms with Crippen molar-refractivity contribution in [3.05, 3.63) is 18.6 Å². The van der Waals surface area contributed by atoms with E-state index in [1.807, 2.05) is 17.7 Å². The van der Waals surface area contributed by atoms with Crippen molar-refractivity contribution in [1.29, 1.82) is 0 Å². The molecule has 0 aliphatic rings. The molecule has 0 saturated heterocycles. The zero-order valence-corrected chi connectivity index (χ0v) is 10.7. The van der Waals surface area contributed by atoms with Crippen LogP contribution in [0.3, 0.4) is 0 Å². The normalized spacial score (nSPS) is 11.9. The standard InChI is InChI=1S/C11H13N3O2S/c1-11(2,10(15)16)17-9-8-7(4-5-12-9)14(3)6-13-8/h4-6H,1-3H3,(H,15,16). The molecular formula is C11H13N3O2S. The van der Waals surface area contributed by atoms with E-state index in [9.17, 15) is 4.79 Å². The van der Waals surface area contributed by atoms with Crippen LogP contribution in [-0.2, 0) is 11.8 Å². The molecule has 5 nitrogen and oxygen atoms in total. The molecule has 0 aliphatic carbocycles. The number of fused-ring (bicyclic) bond motifs is 1. The van der Waals surface area contributed by atoms with Gasteiger partial charge in [-0.3, -0.25) is 4.79 Å². The zero-order chi connectivity index (χ0) is 12.6. The molecule has 1 N–H and O–H groups in total. The second-order valence-corrected chi connectivity index (χ2v) is 5.87. The van der Waals surface area contributed by atoms with Crippen molar-refractivity contribution in [1.82, 2.24) is 14.5 Å². The highest BCUT2D eigenvalue weighted by Gasteiger charge is 2.30. The first-order valence-corrected chi connectivity index (χ1v) is 5.92. The molecule has 0 aromatic carbocycles. The molecular weight excluding hydrogens is 238 g/mol. The summed E-state index contributed by atoms with van der Waals surface area (Å²) in [5.74, 6) is -0.864. The summed E-state index contributed by atoms with van der Waals surface area (Å²) in [4.78, 5) is 19.6. The lowest BCUT2D eigenvalue weighted by Crippen LogP contribution is -2.27. The minimum Gasteiger partial charge on any atom is -0.480 e. The van der Waals surface area contributed by atoms with Gasteiger partial charge in [0.2, 0.25) is 0 Å². The topological polar surface area (TPSA) is 68.0 Å². The van der Waals surface area contributed by atoms with Gasteiger partial charge in [-0.15, -0.1) is 0 Å². The monoisotopic (exact) mass is 251 g/mol. The number of hydrogen-bond acceptors (Lipinski definition) is 4. The van der Waals surface area contributed by atoms with Crippen LogP contribution in [0.15, 0.2) is 23.6 Å². The molecule has 0 bridgehead atoms. The van der Waals surface area contributed by atoms with Gasteiger partial charge >= 0.3 is 5.97 Å². The number of pyridine rings is 1. The highest BCUT2D eigenvalue weighted by atomic mass is 32.2. The molecule has 2 rings (SSSR count). The Morgan fingerprint density at radius 3 is 2.82 bits per heavy atom. The third kappa shape index (κ3) is 2.12. The largest absolute Gasteiger partial charge is 0.480 e. The van der Waals surface area contributed by atoms with Gasteiger partial charge in [-0.25, -0.2) is 9.97 Å². The molecule has 0 atom stereocenters. The fraction of sp³-hybridized carbons (Fsp3) is 0.364. The van der Waals surface area contributed by atoms with Crippen LogP contribution in [-0.4, -0.2) is 30.4 Å². The Hall–Kier alpha value is -1.56. The van der Waals surface area contributed by atoms with E-state index < -0.39 is 10.7 Å². The van der Waals surface area contributed by atoms with Crippen LogP contribution in [0.2, 0.25) is 0 Å². The van der Waals surface area contributed by atoms with Crippen molar-refractivity contribution < 1.29 is 9.90 Å². The second kappa shape index (κ2) is 4.03. The van der Waals surface area contributed by atoms with E-state index in [1.54, 1.807) is 26.4 Å². The number of carboxylic acid groups (broad SMARTS) is 1. The van der Waals surface area contributed by atoms with Gasteiger partial charge in [0.25, 0.3) is 0 Å². The molecule has 0 fully saturated rings. The maximum atomic E-state index is 11.1. The molecule has 0 radical (unpaired) electrons. The van der Waals surface area contributed by atoms with Crippen molar-refractivity contribution in [2.24, 2.45) is 7.05 Å². The fourth-order valence-electron chi connectivity index (χ4n) is 1.40. The highest BCUT2D eigenvalue weighted by Crippen LogP contribution is 2.34. The molecule has 17 heavy (non-hydrogen) atoms. The molecule has 2 aromatic heterocycles. The van der Waals surface area contributed by atoms with Crippen molar-refractivity contribution >= 4 is 28.8 Å². The quantitative estimate of drug-likeness (QED) is 0.844. The van der Waals surface area contributed by atoms with E-state index in [-0.39, 0.29) is 0 Å². The van der Waals surface area contributed by atoms with Gasteiger partial charge in [0.05, 0.1) is 11.8 Å². The first-order valence-electron chi connectivity index (χ1n) is 5.10. The summed E-state index contributed by atoms with van der Waals surface area (Å²) in [6, 6.07) is 1.86. The minimum atomic E-state index is -0.918. The molecule has 0 saturated carbocycles. The first-order chi connectivity index (χ1) is 7.92. The molecule has 0 unspecified atom stereocenters. The average molecular weight is 251 g/mol. The number of imidazole rings is 1. The number of carbonyl (C=O) groups is 1. The molecule has 2 aromatic rings. The Morgan fingerprint density at radius 1 is 1.47 bits per heavy atom. The second-order valence-electron chi connectivity index (χ2n) is 4.26. The Kier molecular flexibility index (Phi) is 2.82. The average Bonchev–Trinajstić information content (AvgIpc) is 2.61. The summed E-state index contributed by atoms with van der Waals surface area (Å²) in [5.41, 5.74) is 1.69. The lowest BCUT2D eigenvalue weighted by Gasteiger charge is -2.17. The summed E-state index contributed by atoms with van der Waals surface area (Å²) >= 11 is 1.21. The van der Waals surface area contributed by atoms with Crippen molar-refractivity contribution in [2.45, 2.75) is 23.6 Å². The number of aryl methyl sites for hydroxylation is 1. The Morgan fingerprint density at radius 2 is 2.18 bits per heavy atom. The predicted octanol–water partition coefficient (Wildman–Crippen LogP) is 1.92. The lowest BCUT2D eigenvalue weighted by atomic mass is 10.2. The van der Waals surface area contributed by atoms with Crippen LogP contribution in [0.1, 0.15) is 13.8 Å². The van der Waals surface area contributed by atoms with Crippen LogP contribution >= 0.6 is 11.8 Å². The van der Waals surface area contributed by atoms with Gasteiger partial charge in [-0.05, 0) is 19.9 Å². The molecule has 6 heteroatoms. The van der Waals surface area contributed by atoms with Gasteiger partial charge in [-0.1, -0.05) is 11.8 Å². The Bertz CT molecular complexity index is 577. The van der Waals surface area contributed by atoms with Gasteiger partial charge in [0.15, 0.2) is 0 Å². The van der Waals surface area contributed by atoms with Crippen LogP contribution in [0.5, 0.6) is 0 Å². The smallest absolute Gasteiger partial charge is 0.319 e. The van der Waals surface area contributed by atoms with E-state index in [2.05, 4.69) is 9.97 Å². The fourth-order valence-corrected chi connectivity index (χ4v) is 2.34. The highest BCUT2D eigenvalue weighted by molar-refractivity contribution is 8.01. The molecule has 0 spiro atoms. The summed E-state index contributed by atoms with van der Waals surface area (Å²) < 4.78 is 0.966. The van der Waals surface area contributed by atoms with Crippen molar-refractivity contribution in [2.75, 3.05) is 0 Å². The van der Waals surface area contributed by atoms with E-state index in [4.69, 9.17) is 5.11 Å². The number of aliphatic carboxylic acids is 1. The zero-order valence-electron chi connectivity index (χ0n) is 9.84. The van der Waals surface area contributed by atoms with E-state index in [1.165, 1.54) is 11.8 Å². The number of nitrogens with zero attached hydrogens (tertiary/aromatic N) is 3. The van der Waals surface area contributed by atoms with E-state index in [0.29, 0.717) is 5.03 Å². The van der Waals surface area contributed by atoms with E-state index >= 15 is 0 Å². The lowest BCUT2D eigenvalue weighted by molar-refractivity contribution is -0.138. The number of thioether (sulfide) groups is 1. The van der Waals surface area contributed by atoms with Gasteiger partial charge in [0, 0.05) is 13.2 Å². The van der Waals surface area contributed by atoms with Crippen molar-refractivity contribution in [3.8, 4) is 0 Å². The number of carboxylic acids is 1. The molecule has 2 heterocycles. The summed E-state index contributed by atoms with van der Waals surface area (Å²) in [7, 11) is 1.89. The van der Waals surface area contributed by atoms with Crippen molar-refractivity contribution in [3.63, 3.8) is 0 Å². The van der Waals surface area contributed by atoms with Crippen LogP contribution in [0.4, 0.5) is 0 Å². The van der Waals surface area contributed by atoms with Crippen LogP contribution < -0.4 is 0 Å². The van der Waals surface area contributed by atoms with Gasteiger partial charge < -0.3 is 9.67 Å². The van der Waals surface area contributed by atoms with Gasteiger partial charge in [0.1, 0.15) is 15.3 Å². The Labute approximate surface area is 103 Å². The van der Waals surface area contributed by atoms with Crippen LogP contribution in [0, 0.1) is 0 Å². The van der Waals surface area contributed by atoms with Gasteiger partial charge in [-0.2, -0.15) is 0 Å². The Balaban J connectivity index is 2.46.